The van der Waals surface area contributed by atoms with Crippen molar-refractivity contribution in [3.8, 4) is 6.07 Å². The zero-order valence-electron chi connectivity index (χ0n) is 14.1. The quantitative estimate of drug-likeness (QED) is 0.867. The van der Waals surface area contributed by atoms with Gasteiger partial charge in [-0.25, -0.2) is 0 Å². The van der Waals surface area contributed by atoms with Crippen molar-refractivity contribution < 1.29 is 4.79 Å². The Labute approximate surface area is 147 Å². The Morgan fingerprint density at radius 2 is 2.04 bits per heavy atom. The highest BCUT2D eigenvalue weighted by Crippen LogP contribution is 2.42. The molecule has 1 aromatic carbocycles. The van der Waals surface area contributed by atoms with E-state index in [0.29, 0.717) is 12.0 Å². The fraction of sp³-hybridized carbons (Fsp3) is 0.350. The van der Waals surface area contributed by atoms with Crippen LogP contribution in [0.2, 0.25) is 0 Å². The molecule has 4 rings (SSSR count). The largest absolute Gasteiger partial charge is 0.312 e. The molecule has 0 radical (unpaired) electrons. The summed E-state index contributed by atoms with van der Waals surface area (Å²) in [6.45, 7) is 3.62. The number of aromatic nitrogens is 1. The first-order valence-corrected chi connectivity index (χ1v) is 8.59. The van der Waals surface area contributed by atoms with Crippen molar-refractivity contribution in [2.45, 2.75) is 19.4 Å². The molecule has 1 spiro atoms. The molecule has 0 bridgehead atoms. The van der Waals surface area contributed by atoms with E-state index < -0.39 is 0 Å². The van der Waals surface area contributed by atoms with Crippen LogP contribution >= 0.6 is 0 Å². The summed E-state index contributed by atoms with van der Waals surface area (Å²) in [6, 6.07) is 13.5. The molecule has 0 saturated carbocycles. The molecule has 2 fully saturated rings. The molecule has 2 aromatic rings. The Kier molecular flexibility index (Phi) is 3.98. The van der Waals surface area contributed by atoms with E-state index in [4.69, 9.17) is 5.26 Å². The summed E-state index contributed by atoms with van der Waals surface area (Å²) < 4.78 is 0. The van der Waals surface area contributed by atoms with Crippen molar-refractivity contribution in [2.24, 2.45) is 5.41 Å². The molecule has 3 heterocycles. The molecule has 2 aliphatic rings. The Morgan fingerprint density at radius 1 is 1.20 bits per heavy atom. The second kappa shape index (κ2) is 6.30. The first-order valence-electron chi connectivity index (χ1n) is 8.59. The third kappa shape index (κ3) is 3.13. The van der Waals surface area contributed by atoms with Crippen molar-refractivity contribution in [3.05, 3.63) is 59.9 Å². The lowest BCUT2D eigenvalue weighted by Gasteiger charge is -2.24. The average molecular weight is 332 g/mol. The van der Waals surface area contributed by atoms with Gasteiger partial charge in [-0.05, 0) is 48.9 Å². The zero-order valence-corrected chi connectivity index (χ0v) is 14.1. The van der Waals surface area contributed by atoms with Gasteiger partial charge >= 0.3 is 0 Å². The number of hydrogen-bond acceptors (Lipinski definition) is 4. The number of amides is 1. The molecule has 1 atom stereocenters. The van der Waals surface area contributed by atoms with Gasteiger partial charge < -0.3 is 4.90 Å². The molecule has 1 amide bonds. The maximum atomic E-state index is 12.6. The Morgan fingerprint density at radius 3 is 2.76 bits per heavy atom. The van der Waals surface area contributed by atoms with E-state index in [2.05, 4.69) is 22.0 Å². The summed E-state index contributed by atoms with van der Waals surface area (Å²) in [7, 11) is 0. The van der Waals surface area contributed by atoms with Gasteiger partial charge in [-0.2, -0.15) is 5.26 Å². The zero-order chi connectivity index (χ0) is 17.3. The fourth-order valence-electron chi connectivity index (χ4n) is 4.03. The molecule has 126 valence electrons. The third-order valence-corrected chi connectivity index (χ3v) is 5.28. The summed E-state index contributed by atoms with van der Waals surface area (Å²) in [5.41, 5.74) is 2.78. The van der Waals surface area contributed by atoms with Gasteiger partial charge in [0.05, 0.1) is 11.6 Å². The van der Waals surface area contributed by atoms with Crippen LogP contribution in [-0.4, -0.2) is 35.4 Å². The van der Waals surface area contributed by atoms with Crippen LogP contribution in [-0.2, 0) is 11.3 Å². The van der Waals surface area contributed by atoms with Crippen LogP contribution in [0.5, 0.6) is 0 Å². The first kappa shape index (κ1) is 15.8. The van der Waals surface area contributed by atoms with Crippen LogP contribution in [0.15, 0.2) is 48.8 Å². The lowest BCUT2D eigenvalue weighted by atomic mass is 9.86. The fourth-order valence-corrected chi connectivity index (χ4v) is 4.03. The standard InChI is InChI=1S/C20H20N4O/c21-11-16-3-5-18(6-4-16)24-15-20(10-19(24)25)7-9-23(14-20)13-17-2-1-8-22-12-17/h1-6,8,12H,7,9-10,13-15H2/t20-/m1/s1. The smallest absolute Gasteiger partial charge is 0.227 e. The Bertz CT molecular complexity index is 812. The third-order valence-electron chi connectivity index (χ3n) is 5.28. The predicted molar refractivity (Wildman–Crippen MR) is 94.7 cm³/mol. The second-order valence-corrected chi connectivity index (χ2v) is 7.14. The number of nitriles is 1. The Balaban J connectivity index is 1.45. The van der Waals surface area contributed by atoms with Crippen LogP contribution in [0.1, 0.15) is 24.0 Å². The Hall–Kier alpha value is -2.71. The average Bonchev–Trinajstić information content (AvgIpc) is 3.18. The number of carbonyl (C=O) groups excluding carboxylic acids is 1. The van der Waals surface area contributed by atoms with Gasteiger partial charge in [-0.3, -0.25) is 14.7 Å². The lowest BCUT2D eigenvalue weighted by molar-refractivity contribution is -0.117. The SMILES string of the molecule is N#Cc1ccc(N2C[C@]3(CCN(Cc4cccnc4)C3)CC2=O)cc1. The van der Waals surface area contributed by atoms with Crippen LogP contribution in [0.3, 0.4) is 0 Å². The lowest BCUT2D eigenvalue weighted by Crippen LogP contribution is -2.31. The van der Waals surface area contributed by atoms with E-state index in [1.54, 1.807) is 18.3 Å². The van der Waals surface area contributed by atoms with Crippen molar-refractivity contribution in [3.63, 3.8) is 0 Å². The molecular formula is C20H20N4O. The number of pyridine rings is 1. The van der Waals surface area contributed by atoms with Gasteiger partial charge in [0.25, 0.3) is 0 Å². The van der Waals surface area contributed by atoms with Crippen LogP contribution < -0.4 is 4.90 Å². The van der Waals surface area contributed by atoms with Gasteiger partial charge in [-0.15, -0.1) is 0 Å². The highest BCUT2D eigenvalue weighted by molar-refractivity contribution is 5.96. The van der Waals surface area contributed by atoms with E-state index in [-0.39, 0.29) is 11.3 Å². The molecular weight excluding hydrogens is 312 g/mol. The molecule has 0 N–H and O–H groups in total. The molecule has 5 nitrogen and oxygen atoms in total. The second-order valence-electron chi connectivity index (χ2n) is 7.14. The summed E-state index contributed by atoms with van der Waals surface area (Å²) in [5, 5.41) is 8.92. The maximum absolute atomic E-state index is 12.6. The monoisotopic (exact) mass is 332 g/mol. The first-order chi connectivity index (χ1) is 12.2. The molecule has 25 heavy (non-hydrogen) atoms. The van der Waals surface area contributed by atoms with Crippen molar-refractivity contribution in [1.29, 1.82) is 5.26 Å². The predicted octanol–water partition coefficient (Wildman–Crippen LogP) is 2.58. The van der Waals surface area contributed by atoms with Crippen molar-refractivity contribution >= 4 is 11.6 Å². The molecule has 0 aliphatic carbocycles. The summed E-state index contributed by atoms with van der Waals surface area (Å²) >= 11 is 0. The van der Waals surface area contributed by atoms with Crippen LogP contribution in [0.4, 0.5) is 5.69 Å². The van der Waals surface area contributed by atoms with Gasteiger partial charge in [0.15, 0.2) is 0 Å². The normalized spacial score (nSPS) is 23.3. The molecule has 2 saturated heterocycles. The number of benzene rings is 1. The minimum absolute atomic E-state index is 0.0488. The van der Waals surface area contributed by atoms with Crippen molar-refractivity contribution in [1.82, 2.24) is 9.88 Å². The van der Waals surface area contributed by atoms with Gasteiger partial charge in [-0.1, -0.05) is 6.07 Å². The molecule has 5 heteroatoms. The molecule has 1 aromatic heterocycles. The van der Waals surface area contributed by atoms with E-state index in [9.17, 15) is 4.79 Å². The van der Waals surface area contributed by atoms with Crippen LogP contribution in [0, 0.1) is 16.7 Å². The summed E-state index contributed by atoms with van der Waals surface area (Å²) in [4.78, 5) is 21.1. The maximum Gasteiger partial charge on any atom is 0.227 e. The van der Waals surface area contributed by atoms with Crippen LogP contribution in [0.25, 0.3) is 0 Å². The topological polar surface area (TPSA) is 60.2 Å². The van der Waals surface area contributed by atoms with E-state index in [0.717, 1.165) is 38.3 Å². The minimum Gasteiger partial charge on any atom is -0.312 e. The molecule has 2 aliphatic heterocycles. The van der Waals surface area contributed by atoms with E-state index in [1.807, 2.05) is 29.3 Å². The molecule has 0 unspecified atom stereocenters. The van der Waals surface area contributed by atoms with Crippen molar-refractivity contribution in [2.75, 3.05) is 24.5 Å². The van der Waals surface area contributed by atoms with E-state index in [1.165, 1.54) is 5.56 Å². The number of nitrogens with zero attached hydrogens (tertiary/aromatic N) is 4. The number of likely N-dealkylation sites (tertiary alicyclic amines) is 1. The summed E-state index contributed by atoms with van der Waals surface area (Å²) in [5.74, 6) is 0.188. The van der Waals surface area contributed by atoms with E-state index >= 15 is 0 Å². The minimum atomic E-state index is 0.0488. The number of anilines is 1. The summed E-state index contributed by atoms with van der Waals surface area (Å²) in [6.07, 6.45) is 5.36. The van der Waals surface area contributed by atoms with Gasteiger partial charge in [0.1, 0.15) is 0 Å². The van der Waals surface area contributed by atoms with Gasteiger partial charge in [0.2, 0.25) is 5.91 Å². The number of rotatable bonds is 3. The number of carbonyl (C=O) groups is 1. The number of hydrogen-bond donors (Lipinski definition) is 0. The highest BCUT2D eigenvalue weighted by Gasteiger charge is 2.47. The van der Waals surface area contributed by atoms with Gasteiger partial charge in [0, 0.05) is 49.6 Å². The highest BCUT2D eigenvalue weighted by atomic mass is 16.2.